The molecule has 2 aromatic carbocycles. The van der Waals surface area contributed by atoms with E-state index >= 15 is 0 Å². The lowest BCUT2D eigenvalue weighted by atomic mass is 9.67. The standard InChI is InChI=1S/C28H32O13/c1-34-15-5-11(6-16(35-2)25(15)36-3)19-13-7-17-26(39-10-38-17)24(14(13)4-12-9-37-27(33)20(12)19)41-28-23(32)22(31)21(30)18(8-29)40-28/h5-7,12,18-23,28-32H,4,8-10H2,1-3H3/t12-,18-,19-,20-,21+,22+,23+,28-/m0/s1. The van der Waals surface area contributed by atoms with E-state index in [0.717, 1.165) is 0 Å². The van der Waals surface area contributed by atoms with Crippen LogP contribution in [0.25, 0.3) is 0 Å². The Labute approximate surface area is 235 Å². The molecule has 2 saturated heterocycles. The van der Waals surface area contributed by atoms with E-state index in [-0.39, 0.29) is 36.8 Å². The fourth-order valence-electron chi connectivity index (χ4n) is 6.26. The number of methoxy groups -OCH3 is 3. The predicted molar refractivity (Wildman–Crippen MR) is 137 cm³/mol. The van der Waals surface area contributed by atoms with Gasteiger partial charge in [0.1, 0.15) is 24.4 Å². The molecule has 222 valence electrons. The Morgan fingerprint density at radius 1 is 0.902 bits per heavy atom. The van der Waals surface area contributed by atoms with Crippen LogP contribution < -0.4 is 28.4 Å². The van der Waals surface area contributed by atoms with Gasteiger partial charge in [-0.05, 0) is 35.7 Å². The molecule has 1 aliphatic carbocycles. The summed E-state index contributed by atoms with van der Waals surface area (Å²) < 4.78 is 45.5. The molecule has 41 heavy (non-hydrogen) atoms. The first kappa shape index (κ1) is 27.7. The van der Waals surface area contributed by atoms with Gasteiger partial charge in [0.2, 0.25) is 24.6 Å². The van der Waals surface area contributed by atoms with Crippen molar-refractivity contribution < 1.29 is 63.1 Å². The Kier molecular flexibility index (Phi) is 7.24. The number of benzene rings is 2. The van der Waals surface area contributed by atoms with E-state index in [1.54, 1.807) is 18.2 Å². The van der Waals surface area contributed by atoms with E-state index in [9.17, 15) is 25.2 Å². The van der Waals surface area contributed by atoms with Crippen molar-refractivity contribution in [2.75, 3.05) is 41.3 Å². The number of carbonyl (C=O) groups excluding carboxylic acids is 1. The number of hydrogen-bond acceptors (Lipinski definition) is 13. The van der Waals surface area contributed by atoms with Gasteiger partial charge in [-0.15, -0.1) is 0 Å². The molecule has 4 N–H and O–H groups in total. The minimum Gasteiger partial charge on any atom is -0.493 e. The molecule has 3 heterocycles. The van der Waals surface area contributed by atoms with Crippen LogP contribution in [-0.2, 0) is 20.7 Å². The normalized spacial score (nSPS) is 31.6. The van der Waals surface area contributed by atoms with Crippen molar-refractivity contribution in [2.24, 2.45) is 11.8 Å². The van der Waals surface area contributed by atoms with Crippen LogP contribution >= 0.6 is 0 Å². The molecule has 0 saturated carbocycles. The summed E-state index contributed by atoms with van der Waals surface area (Å²) in [6, 6.07) is 5.37. The summed E-state index contributed by atoms with van der Waals surface area (Å²) in [5, 5.41) is 40.9. The molecule has 0 bridgehead atoms. The molecule has 3 aliphatic heterocycles. The molecule has 4 aliphatic rings. The smallest absolute Gasteiger partial charge is 0.310 e. The highest BCUT2D eigenvalue weighted by atomic mass is 16.7. The lowest BCUT2D eigenvalue weighted by molar-refractivity contribution is -0.277. The van der Waals surface area contributed by atoms with Crippen LogP contribution in [0.2, 0.25) is 0 Å². The molecule has 0 aromatic heterocycles. The van der Waals surface area contributed by atoms with Crippen LogP contribution in [0.3, 0.4) is 0 Å². The topological polar surface area (TPSA) is 172 Å². The second kappa shape index (κ2) is 10.7. The Morgan fingerprint density at radius 3 is 2.29 bits per heavy atom. The van der Waals surface area contributed by atoms with Gasteiger partial charge in [-0.2, -0.15) is 0 Å². The average molecular weight is 577 g/mol. The summed E-state index contributed by atoms with van der Waals surface area (Å²) in [5.74, 6) is 0.409. The van der Waals surface area contributed by atoms with Gasteiger partial charge >= 0.3 is 5.97 Å². The van der Waals surface area contributed by atoms with Gasteiger partial charge in [0, 0.05) is 17.4 Å². The van der Waals surface area contributed by atoms with Crippen molar-refractivity contribution in [3.63, 3.8) is 0 Å². The quantitative estimate of drug-likeness (QED) is 0.327. The molecule has 13 heteroatoms. The molecular weight excluding hydrogens is 544 g/mol. The summed E-state index contributed by atoms with van der Waals surface area (Å²) in [7, 11) is 4.52. The minimum atomic E-state index is -1.64. The number of rotatable bonds is 7. The highest BCUT2D eigenvalue weighted by molar-refractivity contribution is 5.79. The van der Waals surface area contributed by atoms with Crippen molar-refractivity contribution in [3.8, 4) is 34.5 Å². The zero-order chi connectivity index (χ0) is 29.0. The Morgan fingerprint density at radius 2 is 1.63 bits per heavy atom. The Balaban J connectivity index is 1.51. The SMILES string of the molecule is COc1cc([C@H]2c3cc4c(c(O[C@@H]5O[C@@H](CO)[C@@H](O)[C@@H](O)[C@H]5O)c3C[C@H]3COC(=O)[C@@H]32)OCO4)cc(OC)c1OC. The van der Waals surface area contributed by atoms with Crippen LogP contribution in [0.4, 0.5) is 0 Å². The van der Waals surface area contributed by atoms with E-state index in [0.29, 0.717) is 46.1 Å². The maximum atomic E-state index is 13.1. The zero-order valence-electron chi connectivity index (χ0n) is 22.6. The average Bonchev–Trinajstić information content (AvgIpc) is 3.61. The summed E-state index contributed by atoms with van der Waals surface area (Å²) in [6.07, 6.45) is -7.06. The molecule has 8 atom stereocenters. The molecular formula is C28H32O13. The Bertz CT molecular complexity index is 1300. The summed E-state index contributed by atoms with van der Waals surface area (Å²) in [4.78, 5) is 13.1. The number of aliphatic hydroxyl groups excluding tert-OH is 4. The van der Waals surface area contributed by atoms with Gasteiger partial charge in [0.15, 0.2) is 23.0 Å². The van der Waals surface area contributed by atoms with E-state index < -0.39 is 49.1 Å². The van der Waals surface area contributed by atoms with Crippen LogP contribution in [0.15, 0.2) is 18.2 Å². The monoisotopic (exact) mass is 576 g/mol. The number of cyclic esters (lactones) is 1. The third kappa shape index (κ3) is 4.39. The molecule has 0 unspecified atom stereocenters. The highest BCUT2D eigenvalue weighted by Crippen LogP contribution is 2.56. The molecule has 6 rings (SSSR count). The van der Waals surface area contributed by atoms with Gasteiger partial charge in [-0.1, -0.05) is 0 Å². The minimum absolute atomic E-state index is 0.0903. The summed E-state index contributed by atoms with van der Waals surface area (Å²) in [6.45, 7) is -0.507. The number of esters is 1. The lowest BCUT2D eigenvalue weighted by Gasteiger charge is -2.40. The third-order valence-corrected chi connectivity index (χ3v) is 8.27. The van der Waals surface area contributed by atoms with E-state index in [1.807, 2.05) is 0 Å². The van der Waals surface area contributed by atoms with Crippen LogP contribution in [0, 0.1) is 11.8 Å². The van der Waals surface area contributed by atoms with Crippen molar-refractivity contribution in [1.82, 2.24) is 0 Å². The first-order chi connectivity index (χ1) is 19.8. The van der Waals surface area contributed by atoms with Crippen LogP contribution in [-0.4, -0.2) is 98.4 Å². The van der Waals surface area contributed by atoms with Crippen molar-refractivity contribution in [1.29, 1.82) is 0 Å². The number of ether oxygens (including phenoxy) is 8. The van der Waals surface area contributed by atoms with Gasteiger partial charge in [0.25, 0.3) is 0 Å². The van der Waals surface area contributed by atoms with Crippen LogP contribution in [0.1, 0.15) is 22.6 Å². The highest BCUT2D eigenvalue weighted by Gasteiger charge is 2.51. The van der Waals surface area contributed by atoms with E-state index in [4.69, 9.17) is 37.9 Å². The van der Waals surface area contributed by atoms with Crippen molar-refractivity contribution in [3.05, 3.63) is 34.9 Å². The number of carbonyl (C=O) groups is 1. The number of aliphatic hydroxyl groups is 4. The summed E-state index contributed by atoms with van der Waals surface area (Å²) >= 11 is 0. The predicted octanol–water partition coefficient (Wildman–Crippen LogP) is 0.0970. The zero-order valence-corrected chi connectivity index (χ0v) is 22.6. The first-order valence-corrected chi connectivity index (χ1v) is 13.2. The van der Waals surface area contributed by atoms with Gasteiger partial charge in [0.05, 0.1) is 40.5 Å². The largest absolute Gasteiger partial charge is 0.493 e. The summed E-state index contributed by atoms with van der Waals surface area (Å²) in [5.41, 5.74) is 2.07. The van der Waals surface area contributed by atoms with Gasteiger partial charge in [-0.25, -0.2) is 0 Å². The maximum absolute atomic E-state index is 13.1. The van der Waals surface area contributed by atoms with Gasteiger partial charge in [-0.3, -0.25) is 4.79 Å². The molecule has 13 nitrogen and oxygen atoms in total. The van der Waals surface area contributed by atoms with E-state index in [2.05, 4.69) is 0 Å². The van der Waals surface area contributed by atoms with Gasteiger partial charge < -0.3 is 58.3 Å². The van der Waals surface area contributed by atoms with E-state index in [1.165, 1.54) is 21.3 Å². The second-order valence-corrected chi connectivity index (χ2v) is 10.4. The van der Waals surface area contributed by atoms with Crippen molar-refractivity contribution >= 4 is 5.97 Å². The maximum Gasteiger partial charge on any atom is 0.310 e. The van der Waals surface area contributed by atoms with Crippen LogP contribution in [0.5, 0.6) is 34.5 Å². The second-order valence-electron chi connectivity index (χ2n) is 10.4. The molecule has 0 radical (unpaired) electrons. The molecule has 2 aromatic rings. The number of hydrogen-bond donors (Lipinski definition) is 4. The first-order valence-electron chi connectivity index (χ1n) is 13.2. The molecule has 0 amide bonds. The Hall–Kier alpha value is -3.49. The molecule has 0 spiro atoms. The number of fused-ring (bicyclic) bond motifs is 3. The van der Waals surface area contributed by atoms with Crippen molar-refractivity contribution in [2.45, 2.75) is 43.0 Å². The lowest BCUT2D eigenvalue weighted by Crippen LogP contribution is -2.60. The third-order valence-electron chi connectivity index (χ3n) is 8.27. The molecule has 2 fully saturated rings. The fourth-order valence-corrected chi connectivity index (χ4v) is 6.26. The fraction of sp³-hybridized carbons (Fsp3) is 0.536.